The fourth-order valence-corrected chi connectivity index (χ4v) is 2.48. The molecule has 0 radical (unpaired) electrons. The number of anilines is 1. The number of benzene rings is 1. The van der Waals surface area contributed by atoms with Crippen LogP contribution in [0.15, 0.2) is 22.7 Å². The largest absolute Gasteiger partial charge is 0.381 e. The number of likely N-dealkylation sites (N-methyl/N-ethyl adjacent to an activating group) is 1. The third-order valence-electron chi connectivity index (χ3n) is 2.91. The molecule has 4 heteroatoms. The number of nitrogens with zero attached hydrogens (tertiary/aromatic N) is 1. The van der Waals surface area contributed by atoms with Crippen LogP contribution in [0.5, 0.6) is 0 Å². The Balaban J connectivity index is 2.00. The summed E-state index contributed by atoms with van der Waals surface area (Å²) in [6, 6.07) is 5.54. The van der Waals surface area contributed by atoms with E-state index in [1.165, 1.54) is 25.5 Å². The smallest absolute Gasteiger partial charge is 0.137 e. The molecule has 1 heterocycles. The topological polar surface area (TPSA) is 15.3 Å². The predicted molar refractivity (Wildman–Crippen MR) is 68.2 cm³/mol. The zero-order chi connectivity index (χ0) is 11.5. The lowest BCUT2D eigenvalue weighted by Gasteiger charge is -2.30. The molecule has 1 unspecified atom stereocenters. The van der Waals surface area contributed by atoms with Crippen molar-refractivity contribution in [3.8, 4) is 0 Å². The summed E-state index contributed by atoms with van der Waals surface area (Å²) in [6.45, 7) is 2.22. The summed E-state index contributed by atoms with van der Waals surface area (Å²) in [7, 11) is 2.13. The Morgan fingerprint density at radius 3 is 3.00 bits per heavy atom. The molecule has 0 spiro atoms. The van der Waals surface area contributed by atoms with E-state index in [1.807, 2.05) is 0 Å². The lowest BCUT2D eigenvalue weighted by atomic mass is 10.1. The Bertz CT molecular complexity index is 370. The average molecular weight is 287 g/mol. The van der Waals surface area contributed by atoms with E-state index in [0.717, 1.165) is 12.2 Å². The second-order valence-corrected chi connectivity index (χ2v) is 5.23. The normalized spacial score (nSPS) is 22.1. The van der Waals surface area contributed by atoms with Crippen molar-refractivity contribution in [2.24, 2.45) is 0 Å². The van der Waals surface area contributed by atoms with Crippen LogP contribution in [0.4, 0.5) is 10.1 Å². The maximum atomic E-state index is 13.1. The molecule has 0 bridgehead atoms. The average Bonchev–Trinajstić information content (AvgIpc) is 2.24. The van der Waals surface area contributed by atoms with Crippen molar-refractivity contribution >= 4 is 21.6 Å². The van der Waals surface area contributed by atoms with Gasteiger partial charge in [-0.15, -0.1) is 0 Å². The molecule has 0 amide bonds. The van der Waals surface area contributed by atoms with Crippen molar-refractivity contribution in [2.75, 3.05) is 25.5 Å². The summed E-state index contributed by atoms with van der Waals surface area (Å²) in [5, 5.41) is 3.44. The van der Waals surface area contributed by atoms with E-state index in [2.05, 4.69) is 33.2 Å². The lowest BCUT2D eigenvalue weighted by molar-refractivity contribution is 0.261. The number of halogens is 2. The Morgan fingerprint density at radius 1 is 1.50 bits per heavy atom. The highest BCUT2D eigenvalue weighted by Gasteiger charge is 2.16. The van der Waals surface area contributed by atoms with Crippen molar-refractivity contribution in [2.45, 2.75) is 18.9 Å². The molecule has 0 aliphatic carbocycles. The summed E-state index contributed by atoms with van der Waals surface area (Å²) in [4.78, 5) is 2.32. The van der Waals surface area contributed by atoms with E-state index < -0.39 is 0 Å². The first-order chi connectivity index (χ1) is 7.65. The molecule has 1 aliphatic rings. The summed E-state index contributed by atoms with van der Waals surface area (Å²) in [5.41, 5.74) is 0.980. The van der Waals surface area contributed by atoms with Gasteiger partial charge in [0, 0.05) is 18.3 Å². The Morgan fingerprint density at radius 2 is 2.31 bits per heavy atom. The molecule has 0 saturated carbocycles. The molecule has 2 rings (SSSR count). The fraction of sp³-hybridized carbons (Fsp3) is 0.500. The molecule has 1 N–H and O–H groups in total. The first-order valence-electron chi connectivity index (χ1n) is 5.55. The van der Waals surface area contributed by atoms with Gasteiger partial charge in [0.1, 0.15) is 5.82 Å². The van der Waals surface area contributed by atoms with E-state index in [4.69, 9.17) is 0 Å². The van der Waals surface area contributed by atoms with E-state index in [9.17, 15) is 4.39 Å². The van der Waals surface area contributed by atoms with Gasteiger partial charge in [-0.3, -0.25) is 0 Å². The van der Waals surface area contributed by atoms with Gasteiger partial charge in [0.2, 0.25) is 0 Å². The second kappa shape index (κ2) is 5.15. The molecule has 1 aromatic rings. The van der Waals surface area contributed by atoms with Crippen LogP contribution in [0.1, 0.15) is 12.8 Å². The van der Waals surface area contributed by atoms with Crippen LogP contribution in [0.2, 0.25) is 0 Å². The molecule has 0 aromatic heterocycles. The lowest BCUT2D eigenvalue weighted by Crippen LogP contribution is -2.39. The minimum atomic E-state index is -0.216. The van der Waals surface area contributed by atoms with Gasteiger partial charge < -0.3 is 10.2 Å². The van der Waals surface area contributed by atoms with Crippen molar-refractivity contribution < 1.29 is 4.39 Å². The number of rotatable bonds is 2. The van der Waals surface area contributed by atoms with Gasteiger partial charge in [-0.2, -0.15) is 0 Å². The molecular formula is C12H16BrFN2. The van der Waals surface area contributed by atoms with Crippen LogP contribution in [0, 0.1) is 5.82 Å². The standard InChI is InChI=1S/C12H16BrFN2/c1-16-6-2-3-10(8-16)15-9-4-5-12(14)11(13)7-9/h4-5,7,10,15H,2-3,6,8H2,1H3. The monoisotopic (exact) mass is 286 g/mol. The summed E-state index contributed by atoms with van der Waals surface area (Å²) in [5.74, 6) is -0.216. The highest BCUT2D eigenvalue weighted by Crippen LogP contribution is 2.22. The molecule has 1 aliphatic heterocycles. The Hall–Kier alpha value is -0.610. The van der Waals surface area contributed by atoms with Gasteiger partial charge in [-0.25, -0.2) is 4.39 Å². The SMILES string of the molecule is CN1CCCC(Nc2ccc(F)c(Br)c2)C1. The number of hydrogen-bond donors (Lipinski definition) is 1. The number of piperidine rings is 1. The van der Waals surface area contributed by atoms with Crippen LogP contribution >= 0.6 is 15.9 Å². The van der Waals surface area contributed by atoms with Crippen LogP contribution < -0.4 is 5.32 Å². The van der Waals surface area contributed by atoms with Crippen molar-refractivity contribution in [3.63, 3.8) is 0 Å². The maximum Gasteiger partial charge on any atom is 0.137 e. The van der Waals surface area contributed by atoms with Gasteiger partial charge in [0.15, 0.2) is 0 Å². The summed E-state index contributed by atoms with van der Waals surface area (Å²) >= 11 is 3.20. The van der Waals surface area contributed by atoms with Crippen molar-refractivity contribution in [1.82, 2.24) is 4.90 Å². The predicted octanol–water partition coefficient (Wildman–Crippen LogP) is 3.09. The zero-order valence-electron chi connectivity index (χ0n) is 9.34. The molecule has 88 valence electrons. The third kappa shape index (κ3) is 2.95. The molecular weight excluding hydrogens is 271 g/mol. The number of hydrogen-bond acceptors (Lipinski definition) is 2. The van der Waals surface area contributed by atoms with Gasteiger partial charge >= 0.3 is 0 Å². The first kappa shape index (κ1) is 11.9. The van der Waals surface area contributed by atoms with Crippen molar-refractivity contribution in [1.29, 1.82) is 0 Å². The summed E-state index contributed by atoms with van der Waals surface area (Å²) in [6.07, 6.45) is 2.40. The van der Waals surface area contributed by atoms with Gasteiger partial charge in [-0.1, -0.05) is 0 Å². The fourth-order valence-electron chi connectivity index (χ4n) is 2.11. The van der Waals surface area contributed by atoms with Crippen LogP contribution in [-0.4, -0.2) is 31.1 Å². The first-order valence-corrected chi connectivity index (χ1v) is 6.34. The Kier molecular flexibility index (Phi) is 3.82. The summed E-state index contributed by atoms with van der Waals surface area (Å²) < 4.78 is 13.6. The molecule has 1 atom stereocenters. The third-order valence-corrected chi connectivity index (χ3v) is 3.52. The van der Waals surface area contributed by atoms with Crippen molar-refractivity contribution in [3.05, 3.63) is 28.5 Å². The minimum Gasteiger partial charge on any atom is -0.381 e. The van der Waals surface area contributed by atoms with Gasteiger partial charge in [0.25, 0.3) is 0 Å². The van der Waals surface area contributed by atoms with E-state index in [-0.39, 0.29) is 5.82 Å². The highest BCUT2D eigenvalue weighted by atomic mass is 79.9. The van der Waals surface area contributed by atoms with E-state index in [0.29, 0.717) is 10.5 Å². The van der Waals surface area contributed by atoms with Crippen LogP contribution in [0.25, 0.3) is 0 Å². The Labute approximate surface area is 104 Å². The number of nitrogens with one attached hydrogen (secondary N) is 1. The van der Waals surface area contributed by atoms with Crippen LogP contribution in [-0.2, 0) is 0 Å². The maximum absolute atomic E-state index is 13.1. The molecule has 16 heavy (non-hydrogen) atoms. The molecule has 1 saturated heterocycles. The van der Waals surface area contributed by atoms with Gasteiger partial charge in [0.05, 0.1) is 4.47 Å². The molecule has 1 aromatic carbocycles. The minimum absolute atomic E-state index is 0.216. The highest BCUT2D eigenvalue weighted by molar-refractivity contribution is 9.10. The molecule has 1 fully saturated rings. The van der Waals surface area contributed by atoms with E-state index in [1.54, 1.807) is 12.1 Å². The van der Waals surface area contributed by atoms with E-state index >= 15 is 0 Å². The molecule has 2 nitrogen and oxygen atoms in total. The second-order valence-electron chi connectivity index (χ2n) is 4.37. The number of likely N-dealkylation sites (tertiary alicyclic amines) is 1. The van der Waals surface area contributed by atoms with Crippen LogP contribution in [0.3, 0.4) is 0 Å². The zero-order valence-corrected chi connectivity index (χ0v) is 10.9. The quantitative estimate of drug-likeness (QED) is 0.899. The van der Waals surface area contributed by atoms with Gasteiger partial charge in [-0.05, 0) is 60.6 Å².